The highest BCUT2D eigenvalue weighted by Gasteiger charge is 2.31. The van der Waals surface area contributed by atoms with Gasteiger partial charge in [-0.15, -0.1) is 0 Å². The van der Waals surface area contributed by atoms with Gasteiger partial charge in [0.15, 0.2) is 6.10 Å². The third-order valence-corrected chi connectivity index (χ3v) is 6.04. The SMILES string of the molecule is CC1Oc2ccccc2N(CCC(=O)NCc2cn(-c3ccccc3)nc2-c2ccc(F)cc2)C1=O. The Morgan fingerprint density at radius 2 is 1.75 bits per heavy atom. The maximum Gasteiger partial charge on any atom is 0.267 e. The monoisotopic (exact) mass is 484 g/mol. The minimum Gasteiger partial charge on any atom is -0.479 e. The summed E-state index contributed by atoms with van der Waals surface area (Å²) in [7, 11) is 0. The van der Waals surface area contributed by atoms with Crippen LogP contribution < -0.4 is 15.0 Å². The van der Waals surface area contributed by atoms with E-state index in [2.05, 4.69) is 5.32 Å². The van der Waals surface area contributed by atoms with Gasteiger partial charge in [-0.2, -0.15) is 5.10 Å². The summed E-state index contributed by atoms with van der Waals surface area (Å²) >= 11 is 0. The second-order valence-electron chi connectivity index (χ2n) is 8.53. The molecule has 2 amide bonds. The van der Waals surface area contributed by atoms with Crippen LogP contribution in [0.15, 0.2) is 85.1 Å². The number of carbonyl (C=O) groups is 2. The fourth-order valence-electron chi connectivity index (χ4n) is 4.19. The summed E-state index contributed by atoms with van der Waals surface area (Å²) in [5.41, 5.74) is 3.73. The first kappa shape index (κ1) is 23.3. The Balaban J connectivity index is 1.30. The van der Waals surface area contributed by atoms with E-state index in [1.54, 1.807) is 28.6 Å². The third kappa shape index (κ3) is 4.84. The highest BCUT2D eigenvalue weighted by molar-refractivity contribution is 6.00. The average Bonchev–Trinajstić information content (AvgIpc) is 3.33. The molecule has 5 rings (SSSR count). The molecule has 1 aliphatic heterocycles. The van der Waals surface area contributed by atoms with Crippen molar-refractivity contribution in [2.45, 2.75) is 26.0 Å². The van der Waals surface area contributed by atoms with Crippen LogP contribution >= 0.6 is 0 Å². The van der Waals surface area contributed by atoms with Crippen molar-refractivity contribution >= 4 is 17.5 Å². The lowest BCUT2D eigenvalue weighted by molar-refractivity contribution is -0.125. The molecule has 8 heteroatoms. The Bertz CT molecular complexity index is 1390. The number of hydrogen-bond acceptors (Lipinski definition) is 4. The Morgan fingerprint density at radius 3 is 2.53 bits per heavy atom. The van der Waals surface area contributed by atoms with Crippen LogP contribution in [0.2, 0.25) is 0 Å². The van der Waals surface area contributed by atoms with Gasteiger partial charge in [0, 0.05) is 36.8 Å². The number of hydrogen-bond donors (Lipinski definition) is 1. The number of amides is 2. The van der Waals surface area contributed by atoms with Gasteiger partial charge in [-0.25, -0.2) is 9.07 Å². The van der Waals surface area contributed by atoms with Gasteiger partial charge in [-0.1, -0.05) is 30.3 Å². The summed E-state index contributed by atoms with van der Waals surface area (Å²) in [6, 6.07) is 23.0. The Morgan fingerprint density at radius 1 is 1.03 bits per heavy atom. The van der Waals surface area contributed by atoms with Gasteiger partial charge >= 0.3 is 0 Å². The van der Waals surface area contributed by atoms with Crippen LogP contribution in [0.3, 0.4) is 0 Å². The van der Waals surface area contributed by atoms with E-state index in [1.807, 2.05) is 60.8 Å². The van der Waals surface area contributed by atoms with E-state index < -0.39 is 6.10 Å². The third-order valence-electron chi connectivity index (χ3n) is 6.04. The maximum atomic E-state index is 13.5. The number of fused-ring (bicyclic) bond motifs is 1. The van der Waals surface area contributed by atoms with Gasteiger partial charge < -0.3 is 15.0 Å². The number of para-hydroxylation sites is 3. The van der Waals surface area contributed by atoms with Crippen LogP contribution in [0.1, 0.15) is 18.9 Å². The molecule has 0 saturated carbocycles. The lowest BCUT2D eigenvalue weighted by Gasteiger charge is -2.32. The van der Waals surface area contributed by atoms with Crippen LogP contribution in [-0.4, -0.2) is 34.2 Å². The van der Waals surface area contributed by atoms with Crippen LogP contribution in [0.4, 0.5) is 10.1 Å². The number of nitrogens with one attached hydrogen (secondary N) is 1. The standard InChI is InChI=1S/C28H25FN4O3/c1-19-28(35)32(24-9-5-6-10-25(24)36-19)16-15-26(34)30-17-21-18-33(23-7-3-2-4-8-23)31-27(21)20-11-13-22(29)14-12-20/h2-14,18-19H,15-17H2,1H3,(H,30,34). The molecular weight excluding hydrogens is 459 g/mol. The number of carbonyl (C=O) groups excluding carboxylic acids is 2. The molecule has 3 aromatic carbocycles. The van der Waals surface area contributed by atoms with Crippen LogP contribution in [0, 0.1) is 5.82 Å². The first-order valence-corrected chi connectivity index (χ1v) is 11.7. The predicted octanol–water partition coefficient (Wildman–Crippen LogP) is 4.50. The number of aromatic nitrogens is 2. The maximum absolute atomic E-state index is 13.5. The van der Waals surface area contributed by atoms with Gasteiger partial charge in [0.25, 0.3) is 5.91 Å². The summed E-state index contributed by atoms with van der Waals surface area (Å²) in [5, 5.41) is 7.64. The zero-order valence-corrected chi connectivity index (χ0v) is 19.7. The summed E-state index contributed by atoms with van der Waals surface area (Å²) < 4.78 is 20.9. The van der Waals surface area contributed by atoms with Gasteiger partial charge in [0.05, 0.1) is 17.1 Å². The molecule has 0 spiro atoms. The van der Waals surface area contributed by atoms with Crippen molar-refractivity contribution in [2.24, 2.45) is 0 Å². The molecular formula is C28H25FN4O3. The van der Waals surface area contributed by atoms with E-state index in [4.69, 9.17) is 9.84 Å². The molecule has 1 aliphatic rings. The van der Waals surface area contributed by atoms with Crippen molar-refractivity contribution in [1.29, 1.82) is 0 Å². The predicted molar refractivity (Wildman–Crippen MR) is 134 cm³/mol. The van der Waals surface area contributed by atoms with E-state index in [-0.39, 0.29) is 37.1 Å². The van der Waals surface area contributed by atoms with E-state index >= 15 is 0 Å². The number of anilines is 1. The number of rotatable bonds is 7. The summed E-state index contributed by atoms with van der Waals surface area (Å²) in [4.78, 5) is 27.0. The van der Waals surface area contributed by atoms with E-state index in [9.17, 15) is 14.0 Å². The summed E-state index contributed by atoms with van der Waals surface area (Å²) in [5.74, 6) is -0.0758. The van der Waals surface area contributed by atoms with Crippen molar-refractivity contribution in [3.8, 4) is 22.7 Å². The van der Waals surface area contributed by atoms with Gasteiger partial charge in [-0.05, 0) is 55.5 Å². The highest BCUT2D eigenvalue weighted by Crippen LogP contribution is 2.33. The van der Waals surface area contributed by atoms with Crippen LogP contribution in [0.25, 0.3) is 16.9 Å². The van der Waals surface area contributed by atoms with Gasteiger partial charge in [0.1, 0.15) is 11.6 Å². The minimum absolute atomic E-state index is 0.130. The lowest BCUT2D eigenvalue weighted by atomic mass is 10.1. The normalized spacial score (nSPS) is 14.8. The molecule has 4 aromatic rings. The highest BCUT2D eigenvalue weighted by atomic mass is 19.1. The Hall–Kier alpha value is -4.46. The largest absolute Gasteiger partial charge is 0.479 e. The van der Waals surface area contributed by atoms with Gasteiger partial charge in [-0.3, -0.25) is 9.59 Å². The molecule has 0 aliphatic carbocycles. The first-order valence-electron chi connectivity index (χ1n) is 11.7. The number of ether oxygens (including phenoxy) is 1. The lowest BCUT2D eigenvalue weighted by Crippen LogP contribution is -2.45. The quantitative estimate of drug-likeness (QED) is 0.419. The molecule has 7 nitrogen and oxygen atoms in total. The average molecular weight is 485 g/mol. The smallest absolute Gasteiger partial charge is 0.267 e. The zero-order chi connectivity index (χ0) is 25.1. The van der Waals surface area contributed by atoms with E-state index in [0.717, 1.165) is 16.8 Å². The molecule has 1 aromatic heterocycles. The fourth-order valence-corrected chi connectivity index (χ4v) is 4.19. The molecule has 36 heavy (non-hydrogen) atoms. The first-order chi connectivity index (χ1) is 17.5. The second-order valence-corrected chi connectivity index (χ2v) is 8.53. The molecule has 0 radical (unpaired) electrons. The van der Waals surface area contributed by atoms with Crippen LogP contribution in [0.5, 0.6) is 5.75 Å². The van der Waals surface area contributed by atoms with Gasteiger partial charge in [0.2, 0.25) is 5.91 Å². The van der Waals surface area contributed by atoms with Crippen LogP contribution in [-0.2, 0) is 16.1 Å². The van der Waals surface area contributed by atoms with E-state index in [1.165, 1.54) is 12.1 Å². The van der Waals surface area contributed by atoms with Crippen molar-refractivity contribution in [3.05, 3.63) is 96.4 Å². The molecule has 1 atom stereocenters. The molecule has 0 bridgehead atoms. The van der Waals surface area contributed by atoms with Crippen molar-refractivity contribution in [3.63, 3.8) is 0 Å². The van der Waals surface area contributed by atoms with E-state index in [0.29, 0.717) is 17.1 Å². The fraction of sp³-hybridized carbons (Fsp3) is 0.179. The minimum atomic E-state index is -0.606. The molecule has 1 N–H and O–H groups in total. The Kier molecular flexibility index (Phi) is 6.49. The molecule has 1 unspecified atom stereocenters. The van der Waals surface area contributed by atoms with Crippen molar-refractivity contribution in [1.82, 2.24) is 15.1 Å². The molecule has 0 fully saturated rings. The number of halogens is 1. The molecule has 0 saturated heterocycles. The summed E-state index contributed by atoms with van der Waals surface area (Å²) in [6.07, 6.45) is 1.38. The number of nitrogens with zero attached hydrogens (tertiary/aromatic N) is 3. The molecule has 2 heterocycles. The zero-order valence-electron chi connectivity index (χ0n) is 19.7. The van der Waals surface area contributed by atoms with Crippen molar-refractivity contribution < 1.29 is 18.7 Å². The molecule has 182 valence electrons. The van der Waals surface area contributed by atoms with Crippen molar-refractivity contribution in [2.75, 3.05) is 11.4 Å². The topological polar surface area (TPSA) is 76.5 Å². The second kappa shape index (κ2) is 10.0. The number of benzene rings is 3. The summed E-state index contributed by atoms with van der Waals surface area (Å²) in [6.45, 7) is 2.18. The Labute approximate surface area is 208 Å².